The molecule has 1 fully saturated rings. The van der Waals surface area contributed by atoms with E-state index in [9.17, 15) is 0 Å². The van der Waals surface area contributed by atoms with Crippen molar-refractivity contribution >= 4 is 79.8 Å². The van der Waals surface area contributed by atoms with E-state index in [1.54, 1.807) is 5.56 Å². The van der Waals surface area contributed by atoms with Gasteiger partial charge in [0.2, 0.25) is 5.88 Å². The van der Waals surface area contributed by atoms with Crippen molar-refractivity contribution in [1.82, 2.24) is 0 Å². The van der Waals surface area contributed by atoms with Gasteiger partial charge in [0.05, 0.1) is 11.2 Å². The predicted molar refractivity (Wildman–Crippen MR) is 344 cm³/mol. The Morgan fingerprint density at radius 2 is 1.04 bits per heavy atom. The Labute approximate surface area is 482 Å². The quantitative estimate of drug-likeness (QED) is 0.155. The van der Waals surface area contributed by atoms with E-state index in [2.05, 4.69) is 249 Å². The van der Waals surface area contributed by atoms with Crippen LogP contribution < -0.4 is 31.1 Å². The molecule has 3 aliphatic heterocycles. The lowest BCUT2D eigenvalue weighted by Crippen LogP contribution is -2.64. The maximum absolute atomic E-state index is 7.86. The summed E-state index contributed by atoms with van der Waals surface area (Å²) >= 11 is 0. The van der Waals surface area contributed by atoms with Crippen LogP contribution in [-0.4, -0.2) is 12.3 Å². The summed E-state index contributed by atoms with van der Waals surface area (Å²) in [5.41, 5.74) is 25.3. The van der Waals surface area contributed by atoms with Crippen molar-refractivity contribution in [2.45, 2.75) is 238 Å². The average Bonchev–Trinajstić information content (AvgIpc) is 2.72. The van der Waals surface area contributed by atoms with Crippen LogP contribution in [0, 0.1) is 0 Å². The van der Waals surface area contributed by atoms with Crippen molar-refractivity contribution in [3.63, 3.8) is 0 Å². The van der Waals surface area contributed by atoms with Crippen molar-refractivity contribution < 1.29 is 4.42 Å². The maximum atomic E-state index is 7.86. The molecule has 416 valence electrons. The van der Waals surface area contributed by atoms with Gasteiger partial charge < -0.3 is 14.2 Å². The Hall–Kier alpha value is -5.68. The second kappa shape index (κ2) is 17.0. The summed E-state index contributed by atoms with van der Waals surface area (Å²) in [5.74, 6) is 0.967. The van der Waals surface area contributed by atoms with Gasteiger partial charge in [-0.2, -0.15) is 0 Å². The molecule has 0 radical (unpaired) electrons. The number of furan rings is 1. The van der Waals surface area contributed by atoms with Crippen LogP contribution in [-0.2, 0) is 43.3 Å². The monoisotopic (exact) mass is 1060 g/mol. The fraction of sp³-hybridized carbons (Fsp3) is 0.493. The Balaban J connectivity index is 1.19. The smallest absolute Gasteiger partial charge is 0.257 e. The molecule has 0 N–H and O–H groups in total. The first-order chi connectivity index (χ1) is 37.3. The molecule has 0 bridgehead atoms. The van der Waals surface area contributed by atoms with Crippen LogP contribution in [0.4, 0.5) is 45.7 Å². The molecule has 13 rings (SSSR count). The minimum absolute atomic E-state index is 0.0101. The first-order valence-electron chi connectivity index (χ1n) is 31.1. The van der Waals surface area contributed by atoms with Crippen molar-refractivity contribution in [1.29, 1.82) is 0 Å². The molecule has 2 unspecified atom stereocenters. The fourth-order valence-corrected chi connectivity index (χ4v) is 16.3. The molecule has 0 spiro atoms. The zero-order chi connectivity index (χ0) is 57.0. The zero-order valence-corrected chi connectivity index (χ0v) is 52.5. The van der Waals surface area contributed by atoms with E-state index >= 15 is 0 Å². The van der Waals surface area contributed by atoms with Crippen molar-refractivity contribution in [2.24, 2.45) is 0 Å². The van der Waals surface area contributed by atoms with Gasteiger partial charge in [-0.1, -0.05) is 180 Å². The number of rotatable bonds is 6. The summed E-state index contributed by atoms with van der Waals surface area (Å²) in [4.78, 5) is 8.13. The van der Waals surface area contributed by atoms with Crippen molar-refractivity contribution in [3.8, 4) is 0 Å². The molecule has 6 aromatic carbocycles. The lowest BCUT2D eigenvalue weighted by molar-refractivity contribution is 0.195. The van der Waals surface area contributed by atoms with E-state index in [-0.39, 0.29) is 55.6 Å². The van der Waals surface area contributed by atoms with Crippen molar-refractivity contribution in [3.05, 3.63) is 148 Å². The molecule has 1 aromatic heterocycles. The van der Waals surface area contributed by atoms with E-state index < -0.39 is 0 Å². The molecule has 3 aliphatic carbocycles. The van der Waals surface area contributed by atoms with E-state index in [0.717, 1.165) is 60.6 Å². The highest BCUT2D eigenvalue weighted by molar-refractivity contribution is 7.01. The van der Waals surface area contributed by atoms with Crippen LogP contribution in [0.1, 0.15) is 234 Å². The zero-order valence-electron chi connectivity index (χ0n) is 52.5. The molecule has 5 heteroatoms. The van der Waals surface area contributed by atoms with Gasteiger partial charge in [-0.05, 0) is 206 Å². The number of nitrogens with zero attached hydrogens (tertiary/aromatic N) is 3. The summed E-state index contributed by atoms with van der Waals surface area (Å²) in [5, 5.41) is 1.27. The van der Waals surface area contributed by atoms with Gasteiger partial charge in [-0.3, -0.25) is 4.90 Å². The second-order valence-electron chi connectivity index (χ2n) is 31.9. The van der Waals surface area contributed by atoms with Gasteiger partial charge in [-0.15, -0.1) is 0 Å². The SMILES string of the molecule is CCC(C)(C)c1ccc(N(c2ccc(C(C)(C)C)cc2)c2cc3c4c(c2)N2c5c(cc(C(C)(C)C)cc5C5(C)CCCCC25C)B4c2c(oc4cc5c(cc24)C(C)(C)CCC5(C)C)N3c2ccc3c(c2)C(C)(C)CCC3(C)C)cc1. The second-order valence-corrected chi connectivity index (χ2v) is 31.9. The first kappa shape index (κ1) is 53.6. The standard InChI is InChI=1S/C75H92BN3O/c1-20-69(8,9)47-25-29-50(30-26-47)77(49-27-23-46(24-28-49)67(2,3)4)52-42-60-64-61(43-52)79-65-58(74(18)33-21-22-34-75(74,79)19)39-48(68(5,6)7)40-59(65)76(64)63-53-44-56-57(73(16,17)38-37-72(56,14)15)45-62(53)80-66(63)78(60)51-31-32-54-55(41-51)71(12,13)36-35-70(54,10)11/h23-32,39-45H,20-22,33-38H2,1-19H3. The van der Waals surface area contributed by atoms with Crippen LogP contribution in [0.25, 0.3) is 11.0 Å². The van der Waals surface area contributed by atoms with Crippen LogP contribution in [0.3, 0.4) is 0 Å². The van der Waals surface area contributed by atoms with Gasteiger partial charge in [0.15, 0.2) is 0 Å². The summed E-state index contributed by atoms with van der Waals surface area (Å²) < 4.78 is 7.86. The van der Waals surface area contributed by atoms with Crippen LogP contribution in [0.15, 0.2) is 108 Å². The highest BCUT2D eigenvalue weighted by Crippen LogP contribution is 2.63. The van der Waals surface area contributed by atoms with Gasteiger partial charge in [0.25, 0.3) is 6.71 Å². The van der Waals surface area contributed by atoms with Crippen molar-refractivity contribution in [2.75, 3.05) is 14.7 Å². The lowest BCUT2D eigenvalue weighted by atomic mass is 9.33. The van der Waals surface area contributed by atoms with Gasteiger partial charge in [-0.25, -0.2) is 0 Å². The Kier molecular flexibility index (Phi) is 11.4. The number of hydrogen-bond donors (Lipinski definition) is 0. The number of benzene rings is 6. The highest BCUT2D eigenvalue weighted by atomic mass is 16.4. The lowest BCUT2D eigenvalue weighted by Gasteiger charge is -2.52. The molecule has 4 nitrogen and oxygen atoms in total. The Morgan fingerprint density at radius 1 is 0.500 bits per heavy atom. The van der Waals surface area contributed by atoms with E-state index in [4.69, 9.17) is 4.42 Å². The number of fused-ring (bicyclic) bond motifs is 11. The van der Waals surface area contributed by atoms with Crippen LogP contribution in [0.2, 0.25) is 0 Å². The third-order valence-corrected chi connectivity index (χ3v) is 22.6. The molecule has 80 heavy (non-hydrogen) atoms. The molecule has 0 saturated heterocycles. The van der Waals surface area contributed by atoms with Gasteiger partial charge in [0.1, 0.15) is 5.58 Å². The van der Waals surface area contributed by atoms with E-state index in [1.807, 2.05) is 0 Å². The Morgan fingerprint density at radius 3 is 1.62 bits per heavy atom. The summed E-state index contributed by atoms with van der Waals surface area (Å²) in [6.45, 7) is 46.3. The average molecular weight is 1060 g/mol. The van der Waals surface area contributed by atoms with Gasteiger partial charge >= 0.3 is 0 Å². The van der Waals surface area contributed by atoms with Crippen LogP contribution >= 0.6 is 0 Å². The predicted octanol–water partition coefficient (Wildman–Crippen LogP) is 19.2. The number of hydrogen-bond acceptors (Lipinski definition) is 4. The first-order valence-corrected chi connectivity index (χ1v) is 31.1. The van der Waals surface area contributed by atoms with Crippen LogP contribution in [0.5, 0.6) is 0 Å². The fourth-order valence-electron chi connectivity index (χ4n) is 16.3. The Bertz CT molecular complexity index is 3700. The molecular formula is C75H92BN3O. The summed E-state index contributed by atoms with van der Waals surface area (Å²) in [6, 6.07) is 42.3. The molecule has 6 aliphatic rings. The minimum Gasteiger partial charge on any atom is -0.440 e. The third kappa shape index (κ3) is 7.58. The third-order valence-electron chi connectivity index (χ3n) is 22.6. The molecule has 0 amide bonds. The molecule has 2 atom stereocenters. The topological polar surface area (TPSA) is 22.9 Å². The van der Waals surface area contributed by atoms with E-state index in [1.165, 1.54) is 109 Å². The maximum Gasteiger partial charge on any atom is 0.257 e. The number of anilines is 8. The molecule has 7 aromatic rings. The summed E-state index contributed by atoms with van der Waals surface area (Å²) in [6.07, 6.45) is 10.5. The molecule has 1 saturated carbocycles. The normalized spacial score (nSPS) is 22.8. The van der Waals surface area contributed by atoms with E-state index in [0.29, 0.717) is 0 Å². The highest BCUT2D eigenvalue weighted by Gasteiger charge is 2.62. The largest absolute Gasteiger partial charge is 0.440 e. The molecular weight excluding hydrogens is 970 g/mol. The summed E-state index contributed by atoms with van der Waals surface area (Å²) in [7, 11) is 0. The molecule has 4 heterocycles. The minimum atomic E-state index is -0.164. The van der Waals surface area contributed by atoms with Gasteiger partial charge in [0, 0.05) is 50.4 Å².